The van der Waals surface area contributed by atoms with Gasteiger partial charge in [-0.1, -0.05) is 0 Å². The first-order chi connectivity index (χ1) is 7.76. The highest BCUT2D eigenvalue weighted by Crippen LogP contribution is 2.42. The van der Waals surface area contributed by atoms with E-state index in [1.165, 1.54) is 0 Å². The minimum atomic E-state index is -5.10. The van der Waals surface area contributed by atoms with Gasteiger partial charge in [-0.3, -0.25) is 0 Å². The van der Waals surface area contributed by atoms with Crippen LogP contribution in [0.2, 0.25) is 0 Å². The molecule has 96 valence electrons. The van der Waals surface area contributed by atoms with Gasteiger partial charge in [0.2, 0.25) is 5.75 Å². The van der Waals surface area contributed by atoms with Crippen LogP contribution in [0.4, 0.5) is 22.0 Å². The van der Waals surface area contributed by atoms with Crippen molar-refractivity contribution in [3.05, 3.63) is 11.8 Å². The van der Waals surface area contributed by atoms with E-state index in [1.54, 1.807) is 0 Å². The highest BCUT2D eigenvalue weighted by Gasteiger charge is 2.34. The minimum Gasteiger partial charge on any atom is -0.501 e. The van der Waals surface area contributed by atoms with Crippen molar-refractivity contribution in [1.29, 1.82) is 0 Å². The summed E-state index contributed by atoms with van der Waals surface area (Å²) in [6.45, 7) is 0. The van der Waals surface area contributed by atoms with E-state index in [2.05, 4.69) is 14.5 Å². The average molecular weight is 259 g/mol. The van der Waals surface area contributed by atoms with Crippen molar-refractivity contribution < 1.29 is 36.5 Å². The van der Waals surface area contributed by atoms with Crippen molar-refractivity contribution in [3.8, 4) is 17.4 Å². The van der Waals surface area contributed by atoms with Crippen LogP contribution in [-0.2, 0) is 0 Å². The van der Waals surface area contributed by atoms with Crippen LogP contribution in [0.25, 0.3) is 0 Å². The SMILES string of the molecule is COc1c(C(F)F)cnc(OC(F)(F)F)c1O. The molecular weight excluding hydrogens is 253 g/mol. The molecule has 0 unspecified atom stereocenters. The van der Waals surface area contributed by atoms with Crippen molar-refractivity contribution in [2.24, 2.45) is 0 Å². The Labute approximate surface area is 91.6 Å². The molecule has 0 aromatic carbocycles. The maximum Gasteiger partial charge on any atom is 0.574 e. The highest BCUT2D eigenvalue weighted by molar-refractivity contribution is 5.50. The minimum absolute atomic E-state index is 0.435. The highest BCUT2D eigenvalue weighted by atomic mass is 19.4. The molecule has 9 heteroatoms. The maximum absolute atomic E-state index is 12.4. The lowest BCUT2D eigenvalue weighted by Gasteiger charge is -2.13. The lowest BCUT2D eigenvalue weighted by atomic mass is 10.2. The molecule has 0 amide bonds. The van der Waals surface area contributed by atoms with Crippen LogP contribution in [0.1, 0.15) is 12.0 Å². The van der Waals surface area contributed by atoms with Gasteiger partial charge in [0.05, 0.1) is 12.7 Å². The zero-order valence-corrected chi connectivity index (χ0v) is 8.26. The van der Waals surface area contributed by atoms with E-state index in [0.717, 1.165) is 7.11 Å². The number of hydrogen-bond acceptors (Lipinski definition) is 4. The molecule has 1 heterocycles. The summed E-state index contributed by atoms with van der Waals surface area (Å²) in [5, 5.41) is 9.24. The molecule has 0 radical (unpaired) electrons. The van der Waals surface area contributed by atoms with Crippen LogP contribution >= 0.6 is 0 Å². The molecule has 0 saturated carbocycles. The Morgan fingerprint density at radius 3 is 2.35 bits per heavy atom. The van der Waals surface area contributed by atoms with Crippen LogP contribution in [-0.4, -0.2) is 23.6 Å². The molecule has 1 N–H and O–H groups in total. The summed E-state index contributed by atoms with van der Waals surface area (Å²) in [5.74, 6) is -3.30. The van der Waals surface area contributed by atoms with E-state index in [0.29, 0.717) is 6.20 Å². The molecule has 17 heavy (non-hydrogen) atoms. The fourth-order valence-corrected chi connectivity index (χ4v) is 1.04. The zero-order valence-electron chi connectivity index (χ0n) is 8.26. The van der Waals surface area contributed by atoms with Crippen LogP contribution < -0.4 is 9.47 Å². The van der Waals surface area contributed by atoms with E-state index >= 15 is 0 Å². The maximum atomic E-state index is 12.4. The topological polar surface area (TPSA) is 51.6 Å². The van der Waals surface area contributed by atoms with E-state index < -0.39 is 35.7 Å². The van der Waals surface area contributed by atoms with Gasteiger partial charge in [0.25, 0.3) is 12.3 Å². The molecule has 0 bridgehead atoms. The van der Waals surface area contributed by atoms with Crippen molar-refractivity contribution >= 4 is 0 Å². The van der Waals surface area contributed by atoms with Crippen molar-refractivity contribution in [1.82, 2.24) is 4.98 Å². The van der Waals surface area contributed by atoms with Gasteiger partial charge in [-0.05, 0) is 0 Å². The molecule has 0 saturated heterocycles. The molecule has 1 aromatic rings. The summed E-state index contributed by atoms with van der Waals surface area (Å²) in [6.07, 6.45) is -7.71. The van der Waals surface area contributed by atoms with E-state index in [4.69, 9.17) is 0 Å². The number of methoxy groups -OCH3 is 1. The molecule has 0 aliphatic carbocycles. The number of hydrogen-bond donors (Lipinski definition) is 1. The van der Waals surface area contributed by atoms with Gasteiger partial charge in [-0.15, -0.1) is 13.2 Å². The smallest absolute Gasteiger partial charge is 0.501 e. The summed E-state index contributed by atoms with van der Waals surface area (Å²) >= 11 is 0. The quantitative estimate of drug-likeness (QED) is 0.848. The van der Waals surface area contributed by atoms with E-state index in [9.17, 15) is 27.1 Å². The summed E-state index contributed by atoms with van der Waals surface area (Å²) in [6, 6.07) is 0. The molecule has 0 spiro atoms. The Bertz CT molecular complexity index is 407. The predicted octanol–water partition coefficient (Wildman–Crippen LogP) is 2.63. The first-order valence-electron chi connectivity index (χ1n) is 4.06. The van der Waals surface area contributed by atoms with E-state index in [1.807, 2.05) is 0 Å². The number of rotatable bonds is 3. The number of pyridine rings is 1. The van der Waals surface area contributed by atoms with Crippen molar-refractivity contribution in [3.63, 3.8) is 0 Å². The second-order valence-electron chi connectivity index (χ2n) is 2.75. The molecule has 1 aromatic heterocycles. The second kappa shape index (κ2) is 4.60. The zero-order chi connectivity index (χ0) is 13.2. The Hall–Kier alpha value is -1.80. The summed E-state index contributed by atoms with van der Waals surface area (Å²) < 4.78 is 68.0. The molecule has 0 fully saturated rings. The first kappa shape index (κ1) is 13.3. The van der Waals surface area contributed by atoms with Crippen molar-refractivity contribution in [2.45, 2.75) is 12.8 Å². The fraction of sp³-hybridized carbons (Fsp3) is 0.375. The predicted molar refractivity (Wildman–Crippen MR) is 44.1 cm³/mol. The Balaban J connectivity index is 3.20. The number of aromatic nitrogens is 1. The summed E-state index contributed by atoms with van der Waals surface area (Å²) in [5.41, 5.74) is -0.834. The molecule has 4 nitrogen and oxygen atoms in total. The Kier molecular flexibility index (Phi) is 3.59. The Morgan fingerprint density at radius 2 is 1.94 bits per heavy atom. The van der Waals surface area contributed by atoms with Gasteiger partial charge >= 0.3 is 6.36 Å². The van der Waals surface area contributed by atoms with Gasteiger partial charge in [-0.2, -0.15) is 0 Å². The normalized spacial score (nSPS) is 11.7. The monoisotopic (exact) mass is 259 g/mol. The van der Waals surface area contributed by atoms with Crippen LogP contribution in [0, 0.1) is 0 Å². The molecule has 0 aliphatic heterocycles. The molecule has 1 rings (SSSR count). The standard InChI is InChI=1S/C8H6F5NO3/c1-16-5-3(6(9)10)2-14-7(4(5)15)17-8(11,12)13/h2,6,15H,1H3. The third kappa shape index (κ3) is 3.08. The van der Waals surface area contributed by atoms with Gasteiger partial charge < -0.3 is 14.6 Å². The van der Waals surface area contributed by atoms with Gasteiger partial charge in [0, 0.05) is 6.20 Å². The lowest BCUT2D eigenvalue weighted by molar-refractivity contribution is -0.276. The fourth-order valence-electron chi connectivity index (χ4n) is 1.04. The molecule has 0 atom stereocenters. The molecule has 0 aliphatic rings. The third-order valence-electron chi connectivity index (χ3n) is 1.65. The second-order valence-corrected chi connectivity index (χ2v) is 2.75. The van der Waals surface area contributed by atoms with Crippen molar-refractivity contribution in [2.75, 3.05) is 7.11 Å². The van der Waals surface area contributed by atoms with Gasteiger partial charge in [0.15, 0.2) is 5.75 Å². The Morgan fingerprint density at radius 1 is 1.35 bits per heavy atom. The van der Waals surface area contributed by atoms with Gasteiger partial charge in [-0.25, -0.2) is 13.8 Å². The van der Waals surface area contributed by atoms with E-state index in [-0.39, 0.29) is 0 Å². The van der Waals surface area contributed by atoms with Crippen LogP contribution in [0.5, 0.6) is 17.4 Å². The number of nitrogens with zero attached hydrogens (tertiary/aromatic N) is 1. The van der Waals surface area contributed by atoms with Crippen LogP contribution in [0.3, 0.4) is 0 Å². The van der Waals surface area contributed by atoms with Gasteiger partial charge in [0.1, 0.15) is 0 Å². The lowest BCUT2D eigenvalue weighted by Crippen LogP contribution is -2.18. The third-order valence-corrected chi connectivity index (χ3v) is 1.65. The molecular formula is C8H6F5NO3. The number of aromatic hydroxyl groups is 1. The van der Waals surface area contributed by atoms with Crippen LogP contribution in [0.15, 0.2) is 6.20 Å². The number of halogens is 5. The average Bonchev–Trinajstić information content (AvgIpc) is 2.18. The summed E-state index contributed by atoms with van der Waals surface area (Å²) in [7, 11) is 0.915. The largest absolute Gasteiger partial charge is 0.574 e. The first-order valence-corrected chi connectivity index (χ1v) is 4.06. The number of alkyl halides is 5. The summed E-state index contributed by atoms with van der Waals surface area (Å²) in [4.78, 5) is 2.94. The number of ether oxygens (including phenoxy) is 2.